The third-order valence-electron chi connectivity index (χ3n) is 5.31. The van der Waals surface area contributed by atoms with Crippen LogP contribution in [0.2, 0.25) is 0 Å². The highest BCUT2D eigenvalue weighted by Crippen LogP contribution is 2.11. The van der Waals surface area contributed by atoms with Crippen LogP contribution >= 0.6 is 0 Å². The van der Waals surface area contributed by atoms with Crippen LogP contribution in [0.1, 0.15) is 59.8 Å². The highest BCUT2D eigenvalue weighted by Gasteiger charge is 2.33. The van der Waals surface area contributed by atoms with E-state index in [0.717, 1.165) is 0 Å². The predicted octanol–water partition coefficient (Wildman–Crippen LogP) is -0.716. The number of amides is 3. The van der Waals surface area contributed by atoms with Gasteiger partial charge < -0.3 is 37.0 Å². The fraction of sp³-hybridized carbons (Fsp3) is 0.714. The number of hydrogen-bond acceptors (Lipinski definition) is 7. The lowest BCUT2D eigenvalue weighted by Crippen LogP contribution is -2.59. The maximum absolute atomic E-state index is 13.0. The summed E-state index contributed by atoms with van der Waals surface area (Å²) in [7, 11) is 0. The molecule has 5 atom stereocenters. The number of aliphatic carboxylic acids is 3. The normalized spacial score (nSPS) is 15.4. The molecule has 0 aromatic heterocycles. The molecule has 3 amide bonds. The second-order valence-corrected chi connectivity index (χ2v) is 8.47. The van der Waals surface area contributed by atoms with Gasteiger partial charge in [0, 0.05) is 12.8 Å². The van der Waals surface area contributed by atoms with Crippen molar-refractivity contribution in [1.82, 2.24) is 16.0 Å². The van der Waals surface area contributed by atoms with Crippen LogP contribution in [0.4, 0.5) is 0 Å². The Labute approximate surface area is 197 Å². The number of nitrogens with one attached hydrogen (secondary N) is 3. The minimum Gasteiger partial charge on any atom is -0.481 e. The molecule has 0 bridgehead atoms. The van der Waals surface area contributed by atoms with E-state index in [4.69, 9.17) is 15.9 Å². The Morgan fingerprint density at radius 1 is 0.735 bits per heavy atom. The number of carboxylic acid groups (broad SMARTS) is 3. The number of rotatable bonds is 16. The molecule has 8 N–H and O–H groups in total. The van der Waals surface area contributed by atoms with Crippen molar-refractivity contribution in [3.05, 3.63) is 0 Å². The van der Waals surface area contributed by atoms with Gasteiger partial charge in [-0.05, 0) is 24.7 Å². The number of hydrogen-bond donors (Lipinski definition) is 7. The fourth-order valence-corrected chi connectivity index (χ4v) is 2.94. The average Bonchev–Trinajstić information content (AvgIpc) is 2.74. The molecule has 13 heteroatoms. The monoisotopic (exact) mass is 488 g/mol. The first kappa shape index (κ1) is 30.8. The van der Waals surface area contributed by atoms with E-state index in [9.17, 15) is 33.9 Å². The maximum atomic E-state index is 13.0. The summed E-state index contributed by atoms with van der Waals surface area (Å²) in [5.74, 6) is -6.81. The SMILES string of the molecule is CC[C@H](C)[C@H](NC(=O)[C@@H](N)CCC(=O)O)C(=O)N[C@H](C(=O)N[C@@H](CCC(=O)O)C(=O)O)C(C)C. The van der Waals surface area contributed by atoms with Gasteiger partial charge >= 0.3 is 17.9 Å². The molecule has 0 heterocycles. The molecule has 194 valence electrons. The van der Waals surface area contributed by atoms with E-state index in [1.54, 1.807) is 27.7 Å². The van der Waals surface area contributed by atoms with E-state index >= 15 is 0 Å². The molecule has 0 spiro atoms. The summed E-state index contributed by atoms with van der Waals surface area (Å²) in [5.41, 5.74) is 5.72. The van der Waals surface area contributed by atoms with Gasteiger partial charge in [-0.1, -0.05) is 34.1 Å². The highest BCUT2D eigenvalue weighted by atomic mass is 16.4. The van der Waals surface area contributed by atoms with Gasteiger partial charge in [0.25, 0.3) is 0 Å². The fourth-order valence-electron chi connectivity index (χ4n) is 2.94. The second kappa shape index (κ2) is 14.8. The largest absolute Gasteiger partial charge is 0.481 e. The van der Waals surface area contributed by atoms with Crippen LogP contribution in [0, 0.1) is 11.8 Å². The quantitative estimate of drug-likeness (QED) is 0.144. The van der Waals surface area contributed by atoms with Crippen molar-refractivity contribution in [2.75, 3.05) is 0 Å². The zero-order valence-corrected chi connectivity index (χ0v) is 19.9. The summed E-state index contributed by atoms with van der Waals surface area (Å²) in [6, 6.07) is -4.85. The molecule has 0 saturated carbocycles. The Balaban J connectivity index is 5.45. The zero-order valence-electron chi connectivity index (χ0n) is 19.9. The van der Waals surface area contributed by atoms with Crippen molar-refractivity contribution in [3.8, 4) is 0 Å². The number of carbonyl (C=O) groups is 6. The van der Waals surface area contributed by atoms with Crippen LogP contribution in [0.15, 0.2) is 0 Å². The van der Waals surface area contributed by atoms with Gasteiger partial charge in [0.1, 0.15) is 18.1 Å². The van der Waals surface area contributed by atoms with E-state index in [2.05, 4.69) is 16.0 Å². The topological polar surface area (TPSA) is 225 Å². The van der Waals surface area contributed by atoms with Gasteiger partial charge in [-0.3, -0.25) is 24.0 Å². The van der Waals surface area contributed by atoms with Crippen molar-refractivity contribution in [2.24, 2.45) is 17.6 Å². The Bertz CT molecular complexity index is 757. The lowest BCUT2D eigenvalue weighted by atomic mass is 9.95. The Hall–Kier alpha value is -3.22. The molecule has 0 unspecified atom stereocenters. The molecule has 0 rings (SSSR count). The molecular weight excluding hydrogens is 452 g/mol. The second-order valence-electron chi connectivity index (χ2n) is 8.47. The van der Waals surface area contributed by atoms with Crippen molar-refractivity contribution in [1.29, 1.82) is 0 Å². The van der Waals surface area contributed by atoms with E-state index in [1.807, 2.05) is 0 Å². The molecule has 0 aliphatic heterocycles. The Kier molecular flexibility index (Phi) is 13.4. The molecule has 0 aromatic rings. The van der Waals surface area contributed by atoms with E-state index in [1.165, 1.54) is 0 Å². The minimum atomic E-state index is -1.46. The average molecular weight is 489 g/mol. The molecule has 0 aliphatic rings. The van der Waals surface area contributed by atoms with Crippen LogP contribution in [0.25, 0.3) is 0 Å². The van der Waals surface area contributed by atoms with Crippen molar-refractivity contribution in [2.45, 2.75) is 84.0 Å². The minimum absolute atomic E-state index is 0.125. The zero-order chi connectivity index (χ0) is 26.6. The third kappa shape index (κ3) is 11.1. The molecule has 0 aliphatic carbocycles. The standard InChI is InChI=1S/C21H36N4O9/c1-5-11(4)17(25-18(30)12(22)6-8-14(26)27)20(32)24-16(10(2)3)19(31)23-13(21(33)34)7-9-15(28)29/h10-13,16-17H,5-9,22H2,1-4H3,(H,23,31)(H,24,32)(H,25,30)(H,26,27)(H,28,29)(H,33,34)/t11-,12-,13-,16-,17-/m0/s1. The van der Waals surface area contributed by atoms with Gasteiger partial charge in [-0.2, -0.15) is 0 Å². The molecular formula is C21H36N4O9. The van der Waals surface area contributed by atoms with Crippen molar-refractivity contribution >= 4 is 35.6 Å². The highest BCUT2D eigenvalue weighted by molar-refractivity contribution is 5.94. The third-order valence-corrected chi connectivity index (χ3v) is 5.31. The van der Waals surface area contributed by atoms with E-state index in [0.29, 0.717) is 6.42 Å². The van der Waals surface area contributed by atoms with Gasteiger partial charge in [-0.25, -0.2) is 4.79 Å². The molecule has 0 fully saturated rings. The van der Waals surface area contributed by atoms with Gasteiger partial charge in [-0.15, -0.1) is 0 Å². The van der Waals surface area contributed by atoms with Crippen LogP contribution in [-0.2, 0) is 28.8 Å². The van der Waals surface area contributed by atoms with Gasteiger partial charge in [0.15, 0.2) is 0 Å². The van der Waals surface area contributed by atoms with Crippen LogP contribution < -0.4 is 21.7 Å². The Morgan fingerprint density at radius 3 is 1.65 bits per heavy atom. The summed E-state index contributed by atoms with van der Waals surface area (Å²) in [4.78, 5) is 70.9. The van der Waals surface area contributed by atoms with Crippen LogP contribution in [0.5, 0.6) is 0 Å². The van der Waals surface area contributed by atoms with Crippen LogP contribution in [0.3, 0.4) is 0 Å². The van der Waals surface area contributed by atoms with Crippen molar-refractivity contribution in [3.63, 3.8) is 0 Å². The number of nitrogens with two attached hydrogens (primary N) is 1. The summed E-state index contributed by atoms with van der Waals surface area (Å²) in [6.07, 6.45) is -0.774. The summed E-state index contributed by atoms with van der Waals surface area (Å²) in [6.45, 7) is 6.73. The van der Waals surface area contributed by atoms with E-state index < -0.39 is 72.1 Å². The smallest absolute Gasteiger partial charge is 0.326 e. The number of carboxylic acids is 3. The molecule has 0 radical (unpaired) electrons. The first-order valence-electron chi connectivity index (χ1n) is 11.0. The lowest BCUT2D eigenvalue weighted by Gasteiger charge is -2.29. The molecule has 0 saturated heterocycles. The van der Waals surface area contributed by atoms with Gasteiger partial charge in [0.05, 0.1) is 6.04 Å². The maximum Gasteiger partial charge on any atom is 0.326 e. The van der Waals surface area contributed by atoms with Crippen molar-refractivity contribution < 1.29 is 44.1 Å². The molecule has 34 heavy (non-hydrogen) atoms. The molecule has 13 nitrogen and oxygen atoms in total. The summed E-state index contributed by atoms with van der Waals surface area (Å²) >= 11 is 0. The first-order chi connectivity index (χ1) is 15.7. The summed E-state index contributed by atoms with van der Waals surface area (Å²) in [5, 5.41) is 34.1. The molecule has 0 aromatic carbocycles. The first-order valence-corrected chi connectivity index (χ1v) is 11.0. The predicted molar refractivity (Wildman–Crippen MR) is 119 cm³/mol. The lowest BCUT2D eigenvalue weighted by molar-refractivity contribution is -0.144. The summed E-state index contributed by atoms with van der Waals surface area (Å²) < 4.78 is 0. The van der Waals surface area contributed by atoms with Crippen LogP contribution in [-0.4, -0.2) is 75.1 Å². The number of carbonyl (C=O) groups excluding carboxylic acids is 3. The Morgan fingerprint density at radius 2 is 1.21 bits per heavy atom. The van der Waals surface area contributed by atoms with Gasteiger partial charge in [0.2, 0.25) is 17.7 Å². The van der Waals surface area contributed by atoms with E-state index in [-0.39, 0.29) is 25.2 Å².